The van der Waals surface area contributed by atoms with Crippen LogP contribution in [-0.2, 0) is 30.5 Å². The summed E-state index contributed by atoms with van der Waals surface area (Å²) >= 11 is 1.01. The maximum absolute atomic E-state index is 13.0. The van der Waals surface area contributed by atoms with Crippen LogP contribution in [0.3, 0.4) is 0 Å². The van der Waals surface area contributed by atoms with Crippen molar-refractivity contribution in [3.05, 3.63) is 47.0 Å². The number of ether oxygens (including phenoxy) is 2. The highest BCUT2D eigenvalue weighted by molar-refractivity contribution is 7.14. The lowest BCUT2D eigenvalue weighted by Crippen LogP contribution is -2.44. The number of carbonyl (C=O) groups is 3. The lowest BCUT2D eigenvalue weighted by molar-refractivity contribution is -0.179. The van der Waals surface area contributed by atoms with Crippen molar-refractivity contribution < 1.29 is 33.8 Å². The van der Waals surface area contributed by atoms with Crippen molar-refractivity contribution in [1.82, 2.24) is 4.98 Å². The summed E-state index contributed by atoms with van der Waals surface area (Å²) in [6.07, 6.45) is 2.38. The third-order valence-electron chi connectivity index (χ3n) is 5.11. The van der Waals surface area contributed by atoms with Crippen LogP contribution in [0.1, 0.15) is 64.1 Å². The first-order valence-corrected chi connectivity index (χ1v) is 12.1. The Morgan fingerprint density at radius 3 is 2.46 bits per heavy atom. The zero-order valence-corrected chi connectivity index (χ0v) is 20.7. The molecule has 10 nitrogen and oxygen atoms in total. The Morgan fingerprint density at radius 2 is 1.83 bits per heavy atom. The molecule has 188 valence electrons. The predicted octanol–water partition coefficient (Wildman–Crippen LogP) is 4.74. The minimum atomic E-state index is -1.39. The van der Waals surface area contributed by atoms with Crippen molar-refractivity contribution in [3.8, 4) is 0 Å². The molecule has 0 saturated heterocycles. The Morgan fingerprint density at radius 1 is 1.14 bits per heavy atom. The van der Waals surface area contributed by atoms with Gasteiger partial charge in [-0.3, -0.25) is 5.32 Å². The van der Waals surface area contributed by atoms with Crippen molar-refractivity contribution in [1.29, 1.82) is 0 Å². The third kappa shape index (κ3) is 7.51. The molecule has 0 atom stereocenters. The molecule has 1 aliphatic carbocycles. The van der Waals surface area contributed by atoms with E-state index in [1.54, 1.807) is 20.8 Å². The Labute approximate surface area is 207 Å². The van der Waals surface area contributed by atoms with Gasteiger partial charge in [0.25, 0.3) is 0 Å². The Hall–Kier alpha value is -3.47. The van der Waals surface area contributed by atoms with Crippen LogP contribution >= 0.6 is 11.3 Å². The van der Waals surface area contributed by atoms with Crippen LogP contribution in [0.4, 0.5) is 9.93 Å². The Bertz CT molecular complexity index is 1070. The number of hydrogen-bond acceptors (Lipinski definition) is 9. The predicted molar refractivity (Wildman–Crippen MR) is 129 cm³/mol. The number of nitrogens with zero attached hydrogens (tertiary/aromatic N) is 2. The molecule has 2 aromatic rings. The standard InChI is InChI=1S/C24H29N3O7S/c1-23(2,3)33-22(31)26-21-25-17(15-35-21)18(19(28)29)27-34-24(12-8-5-9-13-24)20(30)32-14-16-10-6-4-7-11-16/h4,6-7,10-11,15H,5,8-9,12-14H2,1-3H3,(H,28,29)(H,25,26,31). The maximum atomic E-state index is 13.0. The molecule has 1 amide bonds. The number of esters is 1. The second-order valence-electron chi connectivity index (χ2n) is 9.12. The summed E-state index contributed by atoms with van der Waals surface area (Å²) in [5.74, 6) is -1.97. The molecule has 1 aromatic heterocycles. The lowest BCUT2D eigenvalue weighted by atomic mass is 9.85. The van der Waals surface area contributed by atoms with Crippen LogP contribution in [0.15, 0.2) is 40.9 Å². The first-order valence-electron chi connectivity index (χ1n) is 11.2. The fraction of sp³-hybridized carbons (Fsp3) is 0.458. The summed E-state index contributed by atoms with van der Waals surface area (Å²) in [5, 5.41) is 17.6. The van der Waals surface area contributed by atoms with Gasteiger partial charge < -0.3 is 19.4 Å². The second kappa shape index (κ2) is 11.3. The third-order valence-corrected chi connectivity index (χ3v) is 5.87. The highest BCUT2D eigenvalue weighted by Crippen LogP contribution is 2.34. The number of hydrogen-bond donors (Lipinski definition) is 2. The number of amides is 1. The minimum Gasteiger partial charge on any atom is -0.476 e. The zero-order chi connectivity index (χ0) is 25.5. The van der Waals surface area contributed by atoms with E-state index in [1.165, 1.54) is 5.38 Å². The molecule has 0 bridgehead atoms. The summed E-state index contributed by atoms with van der Waals surface area (Å²) < 4.78 is 10.7. The fourth-order valence-corrected chi connectivity index (χ4v) is 4.15. The van der Waals surface area contributed by atoms with Crippen molar-refractivity contribution in [2.75, 3.05) is 5.32 Å². The van der Waals surface area contributed by atoms with Gasteiger partial charge in [0.05, 0.1) is 0 Å². The van der Waals surface area contributed by atoms with E-state index in [4.69, 9.17) is 14.3 Å². The molecule has 0 aliphatic heterocycles. The monoisotopic (exact) mass is 503 g/mol. The van der Waals surface area contributed by atoms with Gasteiger partial charge in [-0.1, -0.05) is 41.9 Å². The van der Waals surface area contributed by atoms with Gasteiger partial charge in [0.1, 0.15) is 17.9 Å². The Kier molecular flexibility index (Phi) is 8.44. The van der Waals surface area contributed by atoms with Crippen molar-refractivity contribution in [3.63, 3.8) is 0 Å². The smallest absolute Gasteiger partial charge is 0.413 e. The molecule has 2 N–H and O–H groups in total. The topological polar surface area (TPSA) is 136 Å². The van der Waals surface area contributed by atoms with E-state index in [2.05, 4.69) is 15.5 Å². The van der Waals surface area contributed by atoms with E-state index in [9.17, 15) is 19.5 Å². The number of nitrogens with one attached hydrogen (secondary N) is 1. The van der Waals surface area contributed by atoms with Crippen LogP contribution in [0, 0.1) is 0 Å². The minimum absolute atomic E-state index is 0.0165. The van der Waals surface area contributed by atoms with Gasteiger partial charge in [0.15, 0.2) is 5.13 Å². The number of aromatic nitrogens is 1. The molecule has 1 heterocycles. The Balaban J connectivity index is 1.74. The molecule has 0 spiro atoms. The fourth-order valence-electron chi connectivity index (χ4n) is 3.47. The van der Waals surface area contributed by atoms with Gasteiger partial charge in [0.2, 0.25) is 11.3 Å². The summed E-state index contributed by atoms with van der Waals surface area (Å²) in [7, 11) is 0. The summed E-state index contributed by atoms with van der Waals surface area (Å²) in [4.78, 5) is 46.6. The number of carboxylic acids is 1. The summed E-state index contributed by atoms with van der Waals surface area (Å²) in [5.41, 5.74) is -1.75. The van der Waals surface area contributed by atoms with Gasteiger partial charge >= 0.3 is 18.0 Å². The quantitative estimate of drug-likeness (QED) is 0.299. The van der Waals surface area contributed by atoms with E-state index in [0.29, 0.717) is 12.8 Å². The molecule has 1 saturated carbocycles. The number of rotatable bonds is 8. The molecule has 1 fully saturated rings. The van der Waals surface area contributed by atoms with E-state index in [1.807, 2.05) is 30.3 Å². The second-order valence-corrected chi connectivity index (χ2v) is 9.98. The number of thiazole rings is 1. The van der Waals surface area contributed by atoms with Crippen LogP contribution in [-0.4, -0.2) is 45.0 Å². The largest absolute Gasteiger partial charge is 0.476 e. The molecular weight excluding hydrogens is 474 g/mol. The highest BCUT2D eigenvalue weighted by atomic mass is 32.1. The van der Waals surface area contributed by atoms with Crippen LogP contribution in [0.2, 0.25) is 0 Å². The number of aliphatic carboxylic acids is 1. The number of anilines is 1. The molecule has 0 radical (unpaired) electrons. The first kappa shape index (κ1) is 26.1. The average molecular weight is 504 g/mol. The SMILES string of the molecule is CC(C)(C)OC(=O)Nc1nc(C(=NOC2(C(=O)OCc3ccccc3)CCCCC2)C(=O)O)cs1. The van der Waals surface area contributed by atoms with Crippen molar-refractivity contribution in [2.45, 2.75) is 70.7 Å². The molecular formula is C24H29N3O7S. The van der Waals surface area contributed by atoms with Crippen LogP contribution in [0.5, 0.6) is 0 Å². The van der Waals surface area contributed by atoms with Crippen LogP contribution in [0.25, 0.3) is 0 Å². The van der Waals surface area contributed by atoms with Crippen LogP contribution < -0.4 is 5.32 Å². The first-order chi connectivity index (χ1) is 16.6. The van der Waals surface area contributed by atoms with Gasteiger partial charge in [-0.05, 0) is 39.2 Å². The van der Waals surface area contributed by atoms with Gasteiger partial charge in [-0.25, -0.2) is 19.4 Å². The van der Waals surface area contributed by atoms with E-state index in [-0.39, 0.29) is 17.4 Å². The number of benzene rings is 1. The highest BCUT2D eigenvalue weighted by Gasteiger charge is 2.44. The van der Waals surface area contributed by atoms with Gasteiger partial charge in [-0.2, -0.15) is 0 Å². The molecule has 0 unspecified atom stereocenters. The van der Waals surface area contributed by atoms with Gasteiger partial charge in [-0.15, -0.1) is 11.3 Å². The van der Waals surface area contributed by atoms with E-state index >= 15 is 0 Å². The number of carbonyl (C=O) groups excluding carboxylic acids is 2. The normalized spacial score (nSPS) is 15.7. The molecule has 1 aromatic carbocycles. The summed E-state index contributed by atoms with van der Waals surface area (Å²) in [6, 6.07) is 9.24. The summed E-state index contributed by atoms with van der Waals surface area (Å²) in [6.45, 7) is 5.24. The zero-order valence-electron chi connectivity index (χ0n) is 19.9. The van der Waals surface area contributed by atoms with Crippen molar-refractivity contribution >= 4 is 40.2 Å². The van der Waals surface area contributed by atoms with Gasteiger partial charge in [0, 0.05) is 18.2 Å². The molecule has 35 heavy (non-hydrogen) atoms. The van der Waals surface area contributed by atoms with E-state index in [0.717, 1.165) is 36.2 Å². The number of oxime groups is 1. The number of carboxylic acid groups (broad SMARTS) is 1. The van der Waals surface area contributed by atoms with E-state index < -0.39 is 34.9 Å². The average Bonchev–Trinajstić information content (AvgIpc) is 3.25. The molecule has 3 rings (SSSR count). The molecule has 1 aliphatic rings. The van der Waals surface area contributed by atoms with Crippen molar-refractivity contribution in [2.24, 2.45) is 5.16 Å². The lowest BCUT2D eigenvalue weighted by Gasteiger charge is -2.32. The maximum Gasteiger partial charge on any atom is 0.413 e. The molecule has 11 heteroatoms.